The van der Waals surface area contributed by atoms with Gasteiger partial charge in [-0.2, -0.15) is 0 Å². The summed E-state index contributed by atoms with van der Waals surface area (Å²) >= 11 is 11.5. The van der Waals surface area contributed by atoms with Crippen LogP contribution in [0.2, 0.25) is 0 Å². The maximum Gasteiger partial charge on any atom is 0.0338 e. The van der Waals surface area contributed by atoms with Crippen LogP contribution >= 0.6 is 23.2 Å². The van der Waals surface area contributed by atoms with E-state index in [2.05, 4.69) is 0 Å². The van der Waals surface area contributed by atoms with Gasteiger partial charge in [0.15, 0.2) is 0 Å². The predicted molar refractivity (Wildman–Crippen MR) is 42.3 cm³/mol. The molecule has 0 saturated heterocycles. The highest BCUT2D eigenvalue weighted by Gasteiger charge is 2.21. The highest BCUT2D eigenvalue weighted by atomic mass is 35.5. The van der Waals surface area contributed by atoms with Crippen molar-refractivity contribution in [2.75, 3.05) is 5.88 Å². The molecule has 1 saturated carbocycles. The Hall–Kier alpha value is 0.580. The van der Waals surface area contributed by atoms with Crippen LogP contribution in [0, 0.1) is 5.92 Å². The molecule has 2 atom stereocenters. The van der Waals surface area contributed by atoms with Gasteiger partial charge in [-0.25, -0.2) is 0 Å². The van der Waals surface area contributed by atoms with Crippen LogP contribution in [-0.4, -0.2) is 11.3 Å². The molecule has 54 valence electrons. The summed E-state index contributed by atoms with van der Waals surface area (Å²) in [6, 6.07) is 0. The van der Waals surface area contributed by atoms with Crippen LogP contribution < -0.4 is 0 Å². The fourth-order valence-corrected chi connectivity index (χ4v) is 2.12. The molecule has 0 heterocycles. The number of halogens is 2. The Kier molecular flexibility index (Phi) is 3.14. The van der Waals surface area contributed by atoms with Crippen LogP contribution in [0.25, 0.3) is 0 Å². The van der Waals surface area contributed by atoms with E-state index in [-0.39, 0.29) is 0 Å². The van der Waals surface area contributed by atoms with Crippen molar-refractivity contribution in [2.24, 2.45) is 5.92 Å². The molecule has 1 aliphatic carbocycles. The first-order valence-corrected chi connectivity index (χ1v) is 4.50. The maximum absolute atomic E-state index is 5.90. The van der Waals surface area contributed by atoms with E-state index >= 15 is 0 Å². The van der Waals surface area contributed by atoms with Crippen molar-refractivity contribution in [2.45, 2.75) is 31.1 Å². The quantitative estimate of drug-likeness (QED) is 0.554. The zero-order valence-corrected chi connectivity index (χ0v) is 6.96. The van der Waals surface area contributed by atoms with Crippen LogP contribution in [0.5, 0.6) is 0 Å². The van der Waals surface area contributed by atoms with Gasteiger partial charge in [-0.05, 0) is 31.6 Å². The van der Waals surface area contributed by atoms with E-state index in [1.807, 2.05) is 0 Å². The van der Waals surface area contributed by atoms with Gasteiger partial charge >= 0.3 is 0 Å². The Morgan fingerprint density at radius 3 is 2.56 bits per heavy atom. The van der Waals surface area contributed by atoms with E-state index in [0.717, 1.165) is 18.2 Å². The first kappa shape index (κ1) is 7.68. The third-order valence-corrected chi connectivity index (χ3v) is 2.61. The van der Waals surface area contributed by atoms with Crippen molar-refractivity contribution in [1.82, 2.24) is 0 Å². The molecule has 0 radical (unpaired) electrons. The third-order valence-electron chi connectivity index (χ3n) is 1.99. The molecule has 0 spiro atoms. The summed E-state index contributed by atoms with van der Waals surface area (Å²) in [6.45, 7) is 0. The highest BCUT2D eigenvalue weighted by molar-refractivity contribution is 6.20. The third kappa shape index (κ3) is 2.35. The molecule has 1 rings (SSSR count). The smallest absolute Gasteiger partial charge is 0.0338 e. The minimum Gasteiger partial charge on any atom is -0.127 e. The van der Waals surface area contributed by atoms with Gasteiger partial charge in [-0.1, -0.05) is 0 Å². The average molecular weight is 167 g/mol. The standard InChI is InChI=1S/C7H12Cl2/c8-4-3-6-1-2-7(9)5-6/h6-7H,1-5H2. The molecule has 2 unspecified atom stereocenters. The van der Waals surface area contributed by atoms with Crippen LogP contribution in [-0.2, 0) is 0 Å². The van der Waals surface area contributed by atoms with Gasteiger partial charge in [0.05, 0.1) is 0 Å². The Labute approximate surface area is 66.5 Å². The molecule has 0 aromatic heterocycles. The molecular weight excluding hydrogens is 155 g/mol. The minimum atomic E-state index is 0.443. The maximum atomic E-state index is 5.90. The van der Waals surface area contributed by atoms with Gasteiger partial charge in [0.1, 0.15) is 0 Å². The van der Waals surface area contributed by atoms with Crippen molar-refractivity contribution in [1.29, 1.82) is 0 Å². The summed E-state index contributed by atoms with van der Waals surface area (Å²) < 4.78 is 0. The lowest BCUT2D eigenvalue weighted by atomic mass is 10.1. The predicted octanol–water partition coefficient (Wildman–Crippen LogP) is 3.02. The summed E-state index contributed by atoms with van der Waals surface area (Å²) in [7, 11) is 0. The van der Waals surface area contributed by atoms with Crippen LogP contribution in [0.4, 0.5) is 0 Å². The SMILES string of the molecule is ClCCC1CCC(Cl)C1. The number of rotatable bonds is 2. The Balaban J connectivity index is 2.14. The van der Waals surface area contributed by atoms with Gasteiger partial charge in [-0.15, -0.1) is 23.2 Å². The molecule has 2 heteroatoms. The molecule has 0 aliphatic heterocycles. The molecule has 0 N–H and O–H groups in total. The normalized spacial score (nSPS) is 35.3. The van der Waals surface area contributed by atoms with Gasteiger partial charge in [0, 0.05) is 11.3 Å². The van der Waals surface area contributed by atoms with E-state index in [1.165, 1.54) is 19.3 Å². The second kappa shape index (κ2) is 3.68. The molecule has 1 fully saturated rings. The first-order valence-electron chi connectivity index (χ1n) is 3.53. The topological polar surface area (TPSA) is 0 Å². The van der Waals surface area contributed by atoms with Crippen molar-refractivity contribution >= 4 is 23.2 Å². The zero-order valence-electron chi connectivity index (χ0n) is 5.45. The van der Waals surface area contributed by atoms with E-state index in [1.54, 1.807) is 0 Å². The van der Waals surface area contributed by atoms with Crippen LogP contribution in [0.15, 0.2) is 0 Å². The van der Waals surface area contributed by atoms with Gasteiger partial charge in [-0.3, -0.25) is 0 Å². The molecule has 0 bridgehead atoms. The zero-order chi connectivity index (χ0) is 6.69. The fraction of sp³-hybridized carbons (Fsp3) is 1.00. The summed E-state index contributed by atoms with van der Waals surface area (Å²) in [4.78, 5) is 0. The molecule has 0 aromatic carbocycles. The highest BCUT2D eigenvalue weighted by Crippen LogP contribution is 2.31. The largest absolute Gasteiger partial charge is 0.127 e. The molecule has 0 nitrogen and oxygen atoms in total. The second-order valence-electron chi connectivity index (χ2n) is 2.75. The van der Waals surface area contributed by atoms with Crippen molar-refractivity contribution in [3.63, 3.8) is 0 Å². The summed E-state index contributed by atoms with van der Waals surface area (Å²) in [5.74, 6) is 1.62. The molecular formula is C7H12Cl2. The lowest BCUT2D eigenvalue weighted by Crippen LogP contribution is -1.95. The molecule has 9 heavy (non-hydrogen) atoms. The van der Waals surface area contributed by atoms with Crippen molar-refractivity contribution in [3.8, 4) is 0 Å². The van der Waals surface area contributed by atoms with Gasteiger partial charge in [0.2, 0.25) is 0 Å². The molecule has 1 aliphatic rings. The van der Waals surface area contributed by atoms with Crippen molar-refractivity contribution in [3.05, 3.63) is 0 Å². The Bertz CT molecular complexity index is 81.0. The van der Waals surface area contributed by atoms with Crippen LogP contribution in [0.3, 0.4) is 0 Å². The summed E-state index contributed by atoms with van der Waals surface area (Å²) in [5.41, 5.74) is 0. The van der Waals surface area contributed by atoms with Gasteiger partial charge < -0.3 is 0 Å². The fourth-order valence-electron chi connectivity index (χ4n) is 1.43. The second-order valence-corrected chi connectivity index (χ2v) is 3.75. The number of hydrogen-bond donors (Lipinski definition) is 0. The molecule has 0 aromatic rings. The average Bonchev–Trinajstić information content (AvgIpc) is 2.17. The van der Waals surface area contributed by atoms with E-state index < -0.39 is 0 Å². The minimum absolute atomic E-state index is 0.443. The Morgan fingerprint density at radius 1 is 1.33 bits per heavy atom. The molecule has 0 amide bonds. The van der Waals surface area contributed by atoms with Crippen molar-refractivity contribution < 1.29 is 0 Å². The van der Waals surface area contributed by atoms with Gasteiger partial charge in [0.25, 0.3) is 0 Å². The summed E-state index contributed by atoms with van der Waals surface area (Å²) in [6.07, 6.45) is 4.84. The lowest BCUT2D eigenvalue weighted by molar-refractivity contribution is 0.534. The Morgan fingerprint density at radius 2 is 2.11 bits per heavy atom. The van der Waals surface area contributed by atoms with E-state index in [9.17, 15) is 0 Å². The monoisotopic (exact) mass is 166 g/mol. The number of hydrogen-bond acceptors (Lipinski definition) is 0. The summed E-state index contributed by atoms with van der Waals surface area (Å²) in [5, 5.41) is 0.443. The first-order chi connectivity index (χ1) is 4.33. The van der Waals surface area contributed by atoms with Crippen LogP contribution in [0.1, 0.15) is 25.7 Å². The van der Waals surface area contributed by atoms with E-state index in [0.29, 0.717) is 5.38 Å². The van der Waals surface area contributed by atoms with E-state index in [4.69, 9.17) is 23.2 Å². The lowest BCUT2D eigenvalue weighted by Gasteiger charge is -2.03. The number of alkyl halides is 2.